The standard InChI is InChI=1S/C22H20N2OS2/c1-13(2)19-22(21(26)15-9-5-7-11-17(15)24-19)27-18-12-23-16-10-6-4-8-14(16)20(18)25-3/h4-13H,1-3H3,(H,24,26). The Kier molecular flexibility index (Phi) is 4.89. The van der Waals surface area contributed by atoms with E-state index in [0.717, 1.165) is 47.6 Å². The Labute approximate surface area is 167 Å². The minimum Gasteiger partial charge on any atom is -0.495 e. The summed E-state index contributed by atoms with van der Waals surface area (Å²) in [5.74, 6) is 1.15. The molecular weight excluding hydrogens is 372 g/mol. The molecule has 4 rings (SSSR count). The van der Waals surface area contributed by atoms with E-state index in [1.807, 2.05) is 42.6 Å². The topological polar surface area (TPSA) is 37.9 Å². The molecule has 5 heteroatoms. The highest BCUT2D eigenvalue weighted by molar-refractivity contribution is 7.99. The lowest BCUT2D eigenvalue weighted by Gasteiger charge is -2.17. The van der Waals surface area contributed by atoms with Gasteiger partial charge in [0.05, 0.1) is 26.9 Å². The van der Waals surface area contributed by atoms with Gasteiger partial charge >= 0.3 is 0 Å². The normalized spacial score (nSPS) is 11.4. The molecule has 0 atom stereocenters. The minimum atomic E-state index is 0.318. The largest absolute Gasteiger partial charge is 0.495 e. The molecule has 0 radical (unpaired) electrons. The number of pyridine rings is 2. The average molecular weight is 393 g/mol. The van der Waals surface area contributed by atoms with E-state index in [1.54, 1.807) is 18.9 Å². The number of aromatic amines is 1. The predicted molar refractivity (Wildman–Crippen MR) is 116 cm³/mol. The van der Waals surface area contributed by atoms with Crippen molar-refractivity contribution in [2.75, 3.05) is 7.11 Å². The van der Waals surface area contributed by atoms with E-state index in [-0.39, 0.29) is 0 Å². The van der Waals surface area contributed by atoms with Gasteiger partial charge in [-0.25, -0.2) is 0 Å². The van der Waals surface area contributed by atoms with Crippen LogP contribution in [0.2, 0.25) is 0 Å². The molecule has 1 N–H and O–H groups in total. The number of para-hydroxylation sites is 2. The van der Waals surface area contributed by atoms with Crippen LogP contribution in [0.1, 0.15) is 25.5 Å². The number of rotatable bonds is 4. The first-order chi connectivity index (χ1) is 13.1. The maximum Gasteiger partial charge on any atom is 0.143 e. The fourth-order valence-corrected chi connectivity index (χ4v) is 4.86. The quantitative estimate of drug-likeness (QED) is 0.391. The fourth-order valence-electron chi connectivity index (χ4n) is 3.24. The van der Waals surface area contributed by atoms with Crippen LogP contribution in [0.5, 0.6) is 5.75 Å². The Balaban J connectivity index is 1.94. The number of benzene rings is 2. The summed E-state index contributed by atoms with van der Waals surface area (Å²) < 4.78 is 6.62. The van der Waals surface area contributed by atoms with Crippen molar-refractivity contribution in [1.29, 1.82) is 0 Å². The number of nitrogens with one attached hydrogen (secondary N) is 1. The number of hydrogen-bond acceptors (Lipinski definition) is 4. The Bertz CT molecular complexity index is 1200. The number of H-pyrrole nitrogens is 1. The SMILES string of the molecule is COc1c(Sc2c(C(C)C)[nH]c3ccccc3c2=S)cnc2ccccc12. The molecule has 0 unspecified atom stereocenters. The number of fused-ring (bicyclic) bond motifs is 2. The second kappa shape index (κ2) is 7.33. The number of nitrogens with zero attached hydrogens (tertiary/aromatic N) is 1. The van der Waals surface area contributed by atoms with Gasteiger partial charge < -0.3 is 9.72 Å². The lowest BCUT2D eigenvalue weighted by molar-refractivity contribution is 0.409. The number of ether oxygens (including phenoxy) is 1. The van der Waals surface area contributed by atoms with Gasteiger partial charge in [0.15, 0.2) is 0 Å². The van der Waals surface area contributed by atoms with E-state index >= 15 is 0 Å². The predicted octanol–water partition coefficient (Wildman–Crippen LogP) is 6.73. The van der Waals surface area contributed by atoms with E-state index < -0.39 is 0 Å². The molecule has 3 nitrogen and oxygen atoms in total. The van der Waals surface area contributed by atoms with Gasteiger partial charge in [0.25, 0.3) is 0 Å². The highest BCUT2D eigenvalue weighted by Crippen LogP contribution is 2.42. The molecule has 0 aliphatic rings. The number of aromatic nitrogens is 2. The summed E-state index contributed by atoms with van der Waals surface area (Å²) in [6.07, 6.45) is 1.87. The van der Waals surface area contributed by atoms with Gasteiger partial charge in [-0.1, -0.05) is 68.2 Å². The Hall–Kier alpha value is -2.37. The summed E-state index contributed by atoms with van der Waals surface area (Å²) in [5, 5.41) is 2.07. The molecule has 27 heavy (non-hydrogen) atoms. The number of hydrogen-bond donors (Lipinski definition) is 1. The molecule has 0 spiro atoms. The summed E-state index contributed by atoms with van der Waals surface area (Å²) in [6, 6.07) is 16.2. The smallest absolute Gasteiger partial charge is 0.143 e. The van der Waals surface area contributed by atoms with Crippen molar-refractivity contribution in [3.05, 3.63) is 64.9 Å². The van der Waals surface area contributed by atoms with Crippen LogP contribution in [0.15, 0.2) is 64.5 Å². The van der Waals surface area contributed by atoms with Gasteiger partial charge in [0, 0.05) is 28.2 Å². The van der Waals surface area contributed by atoms with E-state index in [4.69, 9.17) is 17.0 Å². The summed E-state index contributed by atoms with van der Waals surface area (Å²) in [5.41, 5.74) is 3.13. The van der Waals surface area contributed by atoms with Gasteiger partial charge in [-0.15, -0.1) is 0 Å². The Morgan fingerprint density at radius 1 is 1.04 bits per heavy atom. The molecule has 0 amide bonds. The molecule has 136 valence electrons. The van der Waals surface area contributed by atoms with Crippen molar-refractivity contribution in [3.8, 4) is 5.75 Å². The summed E-state index contributed by atoms with van der Waals surface area (Å²) in [7, 11) is 1.70. The van der Waals surface area contributed by atoms with Crippen LogP contribution in [0.4, 0.5) is 0 Å². The minimum absolute atomic E-state index is 0.318. The molecule has 0 fully saturated rings. The van der Waals surface area contributed by atoms with Gasteiger partial charge in [0.2, 0.25) is 0 Å². The average Bonchev–Trinajstić information content (AvgIpc) is 2.69. The molecule has 4 aromatic rings. The first-order valence-electron chi connectivity index (χ1n) is 8.84. The zero-order chi connectivity index (χ0) is 19.0. The first-order valence-corrected chi connectivity index (χ1v) is 10.1. The third kappa shape index (κ3) is 3.22. The molecule has 0 bridgehead atoms. The van der Waals surface area contributed by atoms with E-state index in [0.29, 0.717) is 5.92 Å². The molecular formula is C22H20N2OS2. The fraction of sp³-hybridized carbons (Fsp3) is 0.182. The zero-order valence-corrected chi connectivity index (χ0v) is 17.1. The Morgan fingerprint density at radius 2 is 1.74 bits per heavy atom. The van der Waals surface area contributed by atoms with Crippen LogP contribution in [0, 0.1) is 4.51 Å². The van der Waals surface area contributed by atoms with Crippen LogP contribution in [0.25, 0.3) is 21.8 Å². The maximum atomic E-state index is 5.87. The van der Waals surface area contributed by atoms with Crippen molar-refractivity contribution in [3.63, 3.8) is 0 Å². The lowest BCUT2D eigenvalue weighted by atomic mass is 10.1. The maximum absolute atomic E-state index is 5.87. The lowest BCUT2D eigenvalue weighted by Crippen LogP contribution is -1.99. The monoisotopic (exact) mass is 392 g/mol. The molecule has 2 heterocycles. The van der Waals surface area contributed by atoms with Crippen molar-refractivity contribution in [2.45, 2.75) is 29.6 Å². The van der Waals surface area contributed by atoms with E-state index in [2.05, 4.69) is 35.9 Å². The second-order valence-electron chi connectivity index (χ2n) is 6.67. The van der Waals surface area contributed by atoms with Crippen LogP contribution in [0.3, 0.4) is 0 Å². The van der Waals surface area contributed by atoms with Crippen LogP contribution in [-0.2, 0) is 0 Å². The third-order valence-electron chi connectivity index (χ3n) is 4.58. The van der Waals surface area contributed by atoms with Crippen molar-refractivity contribution in [2.24, 2.45) is 0 Å². The van der Waals surface area contributed by atoms with Crippen LogP contribution >= 0.6 is 24.0 Å². The Morgan fingerprint density at radius 3 is 2.48 bits per heavy atom. The first kappa shape index (κ1) is 18.0. The van der Waals surface area contributed by atoms with Gasteiger partial charge in [-0.2, -0.15) is 0 Å². The number of methoxy groups -OCH3 is 1. The highest BCUT2D eigenvalue weighted by Gasteiger charge is 2.17. The van der Waals surface area contributed by atoms with Gasteiger partial charge in [-0.05, 0) is 24.1 Å². The van der Waals surface area contributed by atoms with Gasteiger partial charge in [0.1, 0.15) is 5.75 Å². The van der Waals surface area contributed by atoms with Crippen molar-refractivity contribution < 1.29 is 4.74 Å². The second-order valence-corrected chi connectivity index (χ2v) is 8.13. The molecule has 0 saturated carbocycles. The summed E-state index contributed by atoms with van der Waals surface area (Å²) in [4.78, 5) is 10.2. The summed E-state index contributed by atoms with van der Waals surface area (Å²) in [6.45, 7) is 4.35. The molecule has 0 aliphatic carbocycles. The molecule has 2 aromatic heterocycles. The van der Waals surface area contributed by atoms with Crippen LogP contribution < -0.4 is 4.74 Å². The van der Waals surface area contributed by atoms with Crippen LogP contribution in [-0.4, -0.2) is 17.1 Å². The van der Waals surface area contributed by atoms with Gasteiger partial charge in [-0.3, -0.25) is 4.98 Å². The third-order valence-corrected chi connectivity index (χ3v) is 6.27. The van der Waals surface area contributed by atoms with Crippen molar-refractivity contribution in [1.82, 2.24) is 9.97 Å². The summed E-state index contributed by atoms with van der Waals surface area (Å²) >= 11 is 7.50. The highest BCUT2D eigenvalue weighted by atomic mass is 32.2. The zero-order valence-electron chi connectivity index (χ0n) is 15.4. The molecule has 0 saturated heterocycles. The van der Waals surface area contributed by atoms with E-state index in [1.165, 1.54) is 0 Å². The van der Waals surface area contributed by atoms with E-state index in [9.17, 15) is 0 Å². The van der Waals surface area contributed by atoms with Crippen molar-refractivity contribution >= 4 is 45.8 Å². The molecule has 2 aromatic carbocycles. The molecule has 0 aliphatic heterocycles.